The second kappa shape index (κ2) is 4.17. The molecule has 3 aliphatic rings. The average Bonchev–Trinajstić information content (AvgIpc) is 2.50. The van der Waals surface area contributed by atoms with Crippen LogP contribution >= 0.6 is 0 Å². The van der Waals surface area contributed by atoms with E-state index in [0.29, 0.717) is 0 Å². The van der Waals surface area contributed by atoms with E-state index in [1.807, 2.05) is 6.08 Å². The zero-order valence-electron chi connectivity index (χ0n) is 12.4. The highest BCUT2D eigenvalue weighted by Gasteiger charge is 2.32. The van der Waals surface area contributed by atoms with E-state index in [9.17, 15) is 4.79 Å². The lowest BCUT2D eigenvalue weighted by atomic mass is 9.71. The van der Waals surface area contributed by atoms with Gasteiger partial charge in [-0.3, -0.25) is 4.79 Å². The third-order valence-corrected chi connectivity index (χ3v) is 4.83. The Balaban J connectivity index is 1.99. The molecule has 0 amide bonds. The SMILES string of the molecule is CC1(C)C=CC(=O)c2c1ccc1c2CC=C2CC=CC=C21. The summed E-state index contributed by atoms with van der Waals surface area (Å²) in [4.78, 5) is 12.5. The second-order valence-electron chi connectivity index (χ2n) is 6.58. The Hall–Kier alpha value is -2.15. The zero-order chi connectivity index (χ0) is 14.6. The summed E-state index contributed by atoms with van der Waals surface area (Å²) >= 11 is 0. The Kier molecular flexibility index (Phi) is 2.50. The van der Waals surface area contributed by atoms with Crippen molar-refractivity contribution < 1.29 is 4.79 Å². The van der Waals surface area contributed by atoms with Crippen LogP contribution in [-0.2, 0) is 11.8 Å². The number of benzene rings is 1. The van der Waals surface area contributed by atoms with Crippen molar-refractivity contribution in [2.45, 2.75) is 32.1 Å². The van der Waals surface area contributed by atoms with E-state index in [1.54, 1.807) is 6.08 Å². The van der Waals surface area contributed by atoms with Crippen molar-refractivity contribution >= 4 is 11.4 Å². The Labute approximate surface area is 125 Å². The molecule has 0 aliphatic heterocycles. The predicted octanol–water partition coefficient (Wildman–Crippen LogP) is 4.54. The third-order valence-electron chi connectivity index (χ3n) is 4.83. The number of rotatable bonds is 0. The largest absolute Gasteiger partial charge is 0.289 e. The van der Waals surface area contributed by atoms with E-state index in [2.05, 4.69) is 50.3 Å². The molecule has 104 valence electrons. The summed E-state index contributed by atoms with van der Waals surface area (Å²) < 4.78 is 0. The lowest BCUT2D eigenvalue weighted by molar-refractivity contribution is 0.104. The van der Waals surface area contributed by atoms with Crippen LogP contribution in [0.2, 0.25) is 0 Å². The third kappa shape index (κ3) is 1.73. The quantitative estimate of drug-likeness (QED) is 0.678. The summed E-state index contributed by atoms with van der Waals surface area (Å²) in [5, 5.41) is 0. The minimum atomic E-state index is -0.0664. The molecule has 0 aromatic heterocycles. The van der Waals surface area contributed by atoms with Crippen molar-refractivity contribution in [2.75, 3.05) is 0 Å². The van der Waals surface area contributed by atoms with E-state index in [1.165, 1.54) is 22.3 Å². The molecule has 0 heterocycles. The Bertz CT molecular complexity index is 782. The van der Waals surface area contributed by atoms with E-state index < -0.39 is 0 Å². The minimum Gasteiger partial charge on any atom is -0.289 e. The molecule has 1 heteroatoms. The van der Waals surface area contributed by atoms with Crippen molar-refractivity contribution in [3.8, 4) is 0 Å². The molecule has 1 aromatic carbocycles. The molecule has 0 saturated carbocycles. The van der Waals surface area contributed by atoms with Gasteiger partial charge in [0, 0.05) is 11.0 Å². The van der Waals surface area contributed by atoms with Crippen LogP contribution in [0.3, 0.4) is 0 Å². The van der Waals surface area contributed by atoms with Gasteiger partial charge in [-0.25, -0.2) is 0 Å². The fourth-order valence-electron chi connectivity index (χ4n) is 3.65. The van der Waals surface area contributed by atoms with Crippen LogP contribution in [0.4, 0.5) is 0 Å². The topological polar surface area (TPSA) is 17.1 Å². The molecule has 0 bridgehead atoms. The first-order valence-electron chi connectivity index (χ1n) is 7.54. The Morgan fingerprint density at radius 2 is 2.00 bits per heavy atom. The van der Waals surface area contributed by atoms with Crippen LogP contribution in [0.1, 0.15) is 47.3 Å². The lowest BCUT2D eigenvalue weighted by Gasteiger charge is -2.32. The molecule has 4 rings (SSSR count). The van der Waals surface area contributed by atoms with Gasteiger partial charge in [-0.2, -0.15) is 0 Å². The summed E-state index contributed by atoms with van der Waals surface area (Å²) in [5.74, 6) is 0.157. The molecule has 0 N–H and O–H groups in total. The van der Waals surface area contributed by atoms with Gasteiger partial charge in [0.25, 0.3) is 0 Å². The molecule has 21 heavy (non-hydrogen) atoms. The smallest absolute Gasteiger partial charge is 0.186 e. The predicted molar refractivity (Wildman–Crippen MR) is 86.5 cm³/mol. The highest BCUT2D eigenvalue weighted by atomic mass is 16.1. The van der Waals surface area contributed by atoms with Gasteiger partial charge in [-0.1, -0.05) is 56.4 Å². The lowest BCUT2D eigenvalue weighted by Crippen LogP contribution is -2.25. The molecule has 0 unspecified atom stereocenters. The Morgan fingerprint density at radius 1 is 1.14 bits per heavy atom. The van der Waals surface area contributed by atoms with Gasteiger partial charge in [0.05, 0.1) is 0 Å². The zero-order valence-corrected chi connectivity index (χ0v) is 12.4. The number of carbonyl (C=O) groups is 1. The van der Waals surface area contributed by atoms with Crippen molar-refractivity contribution in [3.05, 3.63) is 76.4 Å². The Morgan fingerprint density at radius 3 is 2.86 bits per heavy atom. The van der Waals surface area contributed by atoms with Gasteiger partial charge in [0.1, 0.15) is 0 Å². The van der Waals surface area contributed by atoms with Crippen LogP contribution in [0.5, 0.6) is 0 Å². The van der Waals surface area contributed by atoms with Gasteiger partial charge in [-0.05, 0) is 46.8 Å². The highest BCUT2D eigenvalue weighted by molar-refractivity contribution is 6.10. The van der Waals surface area contributed by atoms with Crippen molar-refractivity contribution in [1.29, 1.82) is 0 Å². The van der Waals surface area contributed by atoms with E-state index in [4.69, 9.17) is 0 Å². The monoisotopic (exact) mass is 274 g/mol. The van der Waals surface area contributed by atoms with Gasteiger partial charge in [0.15, 0.2) is 5.78 Å². The van der Waals surface area contributed by atoms with Gasteiger partial charge >= 0.3 is 0 Å². The number of hydrogen-bond acceptors (Lipinski definition) is 1. The summed E-state index contributed by atoms with van der Waals surface area (Å²) in [5.41, 5.74) is 7.17. The molecular weight excluding hydrogens is 256 g/mol. The standard InChI is InChI=1S/C20H18O/c1-20(2)12-11-18(21)19-16-8-7-13-5-3-4-6-14(13)15(16)9-10-17(19)20/h3-4,6-7,9-12H,5,8H2,1-2H3. The molecule has 0 spiro atoms. The number of ketones is 1. The molecular formula is C20H18O. The van der Waals surface area contributed by atoms with Gasteiger partial charge < -0.3 is 0 Å². The number of fused-ring (bicyclic) bond motifs is 5. The van der Waals surface area contributed by atoms with Crippen LogP contribution in [-0.4, -0.2) is 5.78 Å². The maximum Gasteiger partial charge on any atom is 0.186 e. The maximum atomic E-state index is 12.5. The molecule has 0 saturated heterocycles. The van der Waals surface area contributed by atoms with Crippen LogP contribution in [0, 0.1) is 0 Å². The second-order valence-corrected chi connectivity index (χ2v) is 6.58. The van der Waals surface area contributed by atoms with Crippen molar-refractivity contribution in [2.24, 2.45) is 0 Å². The number of hydrogen-bond donors (Lipinski definition) is 0. The first-order chi connectivity index (χ1) is 10.1. The van der Waals surface area contributed by atoms with E-state index >= 15 is 0 Å². The first kappa shape index (κ1) is 12.6. The summed E-state index contributed by atoms with van der Waals surface area (Å²) in [6.45, 7) is 4.35. The minimum absolute atomic E-state index is 0.0664. The summed E-state index contributed by atoms with van der Waals surface area (Å²) in [6.07, 6.45) is 14.4. The summed E-state index contributed by atoms with van der Waals surface area (Å²) in [6, 6.07) is 4.36. The van der Waals surface area contributed by atoms with Crippen molar-refractivity contribution in [3.63, 3.8) is 0 Å². The van der Waals surface area contributed by atoms with E-state index in [0.717, 1.165) is 24.0 Å². The molecule has 0 fully saturated rings. The molecule has 1 nitrogen and oxygen atoms in total. The molecule has 0 atom stereocenters. The van der Waals surface area contributed by atoms with Crippen LogP contribution < -0.4 is 0 Å². The van der Waals surface area contributed by atoms with Crippen LogP contribution in [0.15, 0.2) is 54.2 Å². The fraction of sp³-hybridized carbons (Fsp3) is 0.250. The summed E-state index contributed by atoms with van der Waals surface area (Å²) in [7, 11) is 0. The first-order valence-corrected chi connectivity index (χ1v) is 7.54. The van der Waals surface area contributed by atoms with E-state index in [-0.39, 0.29) is 11.2 Å². The van der Waals surface area contributed by atoms with Crippen molar-refractivity contribution in [1.82, 2.24) is 0 Å². The number of carbonyl (C=O) groups excluding carboxylic acids is 1. The molecule has 1 aromatic rings. The van der Waals surface area contributed by atoms with Gasteiger partial charge in [0.2, 0.25) is 0 Å². The maximum absolute atomic E-state index is 12.5. The highest BCUT2D eigenvalue weighted by Crippen LogP contribution is 2.42. The average molecular weight is 274 g/mol. The normalized spacial score (nSPS) is 21.1. The molecule has 0 radical (unpaired) electrons. The van der Waals surface area contributed by atoms with Crippen LogP contribution in [0.25, 0.3) is 5.57 Å². The molecule has 3 aliphatic carbocycles. The van der Waals surface area contributed by atoms with Gasteiger partial charge in [-0.15, -0.1) is 0 Å². The number of allylic oxidation sites excluding steroid dienone is 8. The fourth-order valence-corrected chi connectivity index (χ4v) is 3.65.